The number of nitrogens with zero attached hydrogens (tertiary/aromatic N) is 4. The highest BCUT2D eigenvalue weighted by Crippen LogP contribution is 2.41. The fourth-order valence-electron chi connectivity index (χ4n) is 4.13. The summed E-state index contributed by atoms with van der Waals surface area (Å²) in [5, 5.41) is 11.6. The molecule has 6 nitrogen and oxygen atoms in total. The van der Waals surface area contributed by atoms with Gasteiger partial charge in [0, 0.05) is 28.4 Å². The monoisotopic (exact) mass is 492 g/mol. The first-order valence-corrected chi connectivity index (χ1v) is 13.3. The minimum Gasteiger partial charge on any atom is -0.507 e. The van der Waals surface area contributed by atoms with E-state index in [1.165, 1.54) is 0 Å². The van der Waals surface area contributed by atoms with E-state index in [1.807, 2.05) is 92.7 Å². The zero-order valence-electron chi connectivity index (χ0n) is 20.0. The number of para-hydroxylation sites is 1. The summed E-state index contributed by atoms with van der Waals surface area (Å²) >= 11 is 0. The molecule has 2 aromatic heterocycles. The Kier molecular flexibility index (Phi) is 6.21. The van der Waals surface area contributed by atoms with Crippen molar-refractivity contribution in [2.75, 3.05) is 0 Å². The molecule has 0 radical (unpaired) electrons. The summed E-state index contributed by atoms with van der Waals surface area (Å²) in [5.74, 6) is 0.538. The van der Waals surface area contributed by atoms with E-state index in [-0.39, 0.29) is 11.3 Å². The van der Waals surface area contributed by atoms with Gasteiger partial charge in [0.2, 0.25) is 7.14 Å². The highest BCUT2D eigenvalue weighted by molar-refractivity contribution is 7.84. The number of phenols is 1. The number of aromatic nitrogens is 4. The molecule has 0 aliphatic carbocycles. The number of hydrogen-bond acceptors (Lipinski definition) is 6. The number of rotatable bonds is 6. The Bertz CT molecular complexity index is 1510. The van der Waals surface area contributed by atoms with E-state index < -0.39 is 12.6 Å². The molecule has 0 unspecified atom stereocenters. The minimum absolute atomic E-state index is 0.114. The van der Waals surface area contributed by atoms with Crippen LogP contribution in [0.4, 0.5) is 0 Å². The molecule has 0 spiro atoms. The zero-order chi connectivity index (χ0) is 25.2. The van der Waals surface area contributed by atoms with Crippen LogP contribution in [0.2, 0.25) is 0 Å². The van der Waals surface area contributed by atoms with Gasteiger partial charge in [-0.2, -0.15) is 0 Å². The average molecular weight is 493 g/mol. The van der Waals surface area contributed by atoms with E-state index in [0.29, 0.717) is 27.7 Å². The highest BCUT2D eigenvalue weighted by Gasteiger charge is 2.35. The van der Waals surface area contributed by atoms with E-state index in [2.05, 4.69) is 9.97 Å². The van der Waals surface area contributed by atoms with Crippen LogP contribution in [0.15, 0.2) is 109 Å². The molecular weight excluding hydrogens is 467 g/mol. The Hall–Kier alpha value is -4.15. The molecule has 178 valence electrons. The summed E-state index contributed by atoms with van der Waals surface area (Å²) in [5.41, 5.74) is 1.57. The lowest BCUT2D eigenvalue weighted by Gasteiger charge is -2.25. The topological polar surface area (TPSA) is 88.9 Å². The van der Waals surface area contributed by atoms with Gasteiger partial charge in [0.05, 0.1) is 17.0 Å². The van der Waals surface area contributed by atoms with Gasteiger partial charge in [-0.1, -0.05) is 72.8 Å². The zero-order valence-corrected chi connectivity index (χ0v) is 20.9. The molecular formula is C29H25N4O2P. The molecule has 0 atom stereocenters. The lowest BCUT2D eigenvalue weighted by atomic mass is 9.85. The smallest absolute Gasteiger partial charge is 0.206 e. The van der Waals surface area contributed by atoms with Crippen molar-refractivity contribution in [2.45, 2.75) is 19.3 Å². The third kappa shape index (κ3) is 4.21. The van der Waals surface area contributed by atoms with Crippen LogP contribution in [-0.4, -0.2) is 25.0 Å². The van der Waals surface area contributed by atoms with Crippen LogP contribution in [0.5, 0.6) is 5.75 Å². The molecule has 0 saturated heterocycles. The van der Waals surface area contributed by atoms with Crippen molar-refractivity contribution < 1.29 is 9.67 Å². The quantitative estimate of drug-likeness (QED) is 0.349. The van der Waals surface area contributed by atoms with E-state index in [1.54, 1.807) is 30.6 Å². The van der Waals surface area contributed by atoms with Crippen molar-refractivity contribution in [3.63, 3.8) is 0 Å². The van der Waals surface area contributed by atoms with Gasteiger partial charge in [0.1, 0.15) is 5.75 Å². The highest BCUT2D eigenvalue weighted by atomic mass is 31.2. The maximum atomic E-state index is 14.7. The van der Waals surface area contributed by atoms with Crippen LogP contribution in [-0.2, 0) is 9.98 Å². The number of hydrogen-bond donors (Lipinski definition) is 1. The third-order valence-corrected chi connectivity index (χ3v) is 9.07. The van der Waals surface area contributed by atoms with Gasteiger partial charge in [-0.05, 0) is 38.1 Å². The van der Waals surface area contributed by atoms with Gasteiger partial charge in [-0.25, -0.2) is 19.9 Å². The second-order valence-corrected chi connectivity index (χ2v) is 11.6. The van der Waals surface area contributed by atoms with Crippen molar-refractivity contribution in [2.24, 2.45) is 0 Å². The van der Waals surface area contributed by atoms with Gasteiger partial charge >= 0.3 is 0 Å². The largest absolute Gasteiger partial charge is 0.507 e. The molecule has 0 aliphatic heterocycles. The second-order valence-electron chi connectivity index (χ2n) is 8.93. The van der Waals surface area contributed by atoms with Crippen LogP contribution >= 0.6 is 7.14 Å². The Morgan fingerprint density at radius 1 is 0.667 bits per heavy atom. The van der Waals surface area contributed by atoms with E-state index >= 15 is 0 Å². The standard InChI is InChI=1S/C29H25N4O2P/c1-29(2,25-17-19-30-27(32-25)23-15-9-10-16-24(23)34)26-18-20-31-28(33-26)36(35,21-11-5-3-6-12-21)22-13-7-4-8-14-22/h3-20,34H,1-2H3. The number of aromatic hydroxyl groups is 1. The van der Waals surface area contributed by atoms with Crippen molar-refractivity contribution in [1.29, 1.82) is 0 Å². The molecule has 1 N–H and O–H groups in total. The fraction of sp³-hybridized carbons (Fsp3) is 0.103. The lowest BCUT2D eigenvalue weighted by Crippen LogP contribution is -2.32. The molecule has 5 rings (SSSR count). The van der Waals surface area contributed by atoms with Gasteiger partial charge in [0.15, 0.2) is 11.4 Å². The molecule has 7 heteroatoms. The van der Waals surface area contributed by atoms with Gasteiger partial charge in [-0.15, -0.1) is 0 Å². The fourth-order valence-corrected chi connectivity index (χ4v) is 6.56. The lowest BCUT2D eigenvalue weighted by molar-refractivity contribution is 0.476. The first-order valence-electron chi connectivity index (χ1n) is 11.6. The Morgan fingerprint density at radius 3 is 1.81 bits per heavy atom. The minimum atomic E-state index is -3.32. The summed E-state index contributed by atoms with van der Waals surface area (Å²) in [6.07, 6.45) is 3.33. The maximum Gasteiger partial charge on any atom is 0.206 e. The van der Waals surface area contributed by atoms with E-state index in [4.69, 9.17) is 9.97 Å². The Balaban J connectivity index is 1.62. The second kappa shape index (κ2) is 9.48. The van der Waals surface area contributed by atoms with Crippen molar-refractivity contribution >= 4 is 23.3 Å². The van der Waals surface area contributed by atoms with E-state index in [0.717, 1.165) is 5.69 Å². The predicted molar refractivity (Wildman–Crippen MR) is 143 cm³/mol. The summed E-state index contributed by atoms with van der Waals surface area (Å²) in [4.78, 5) is 18.5. The van der Waals surface area contributed by atoms with Gasteiger partial charge in [0.25, 0.3) is 0 Å². The van der Waals surface area contributed by atoms with Crippen LogP contribution in [0.25, 0.3) is 11.4 Å². The molecule has 36 heavy (non-hydrogen) atoms. The SMILES string of the molecule is CC(C)(c1ccnc(-c2ccccc2O)n1)c1ccnc(P(=O)(c2ccccc2)c2ccccc2)n1. The van der Waals surface area contributed by atoms with Crippen molar-refractivity contribution in [3.05, 3.63) is 121 Å². The number of benzene rings is 3. The molecule has 0 amide bonds. The molecule has 5 aromatic rings. The Morgan fingerprint density at radius 2 is 1.19 bits per heavy atom. The van der Waals surface area contributed by atoms with Gasteiger partial charge in [-0.3, -0.25) is 0 Å². The summed E-state index contributed by atoms with van der Waals surface area (Å²) in [6, 6.07) is 29.4. The summed E-state index contributed by atoms with van der Waals surface area (Å²) in [7, 11) is -3.32. The average Bonchev–Trinajstić information content (AvgIpc) is 2.94. The predicted octanol–water partition coefficient (Wildman–Crippen LogP) is 4.60. The molecule has 0 aliphatic rings. The molecule has 0 fully saturated rings. The summed E-state index contributed by atoms with van der Waals surface area (Å²) in [6.45, 7) is 4.01. The van der Waals surface area contributed by atoms with Crippen LogP contribution in [0.1, 0.15) is 25.2 Å². The molecule has 2 heterocycles. The third-order valence-electron chi connectivity index (χ3n) is 6.25. The number of phenolic OH excluding ortho intramolecular Hbond substituents is 1. The molecule has 3 aromatic carbocycles. The van der Waals surface area contributed by atoms with Gasteiger partial charge < -0.3 is 9.67 Å². The first kappa shape index (κ1) is 23.6. The van der Waals surface area contributed by atoms with Crippen molar-refractivity contribution in [1.82, 2.24) is 19.9 Å². The summed E-state index contributed by atoms with van der Waals surface area (Å²) < 4.78 is 14.7. The molecule has 0 bridgehead atoms. The molecule has 0 saturated carbocycles. The van der Waals surface area contributed by atoms with E-state index in [9.17, 15) is 9.67 Å². The Labute approximate surface area is 210 Å². The maximum absolute atomic E-state index is 14.7. The van der Waals surface area contributed by atoms with Crippen LogP contribution in [0, 0.1) is 0 Å². The first-order chi connectivity index (χ1) is 17.4. The normalized spacial score (nSPS) is 11.8. The van der Waals surface area contributed by atoms with Crippen molar-refractivity contribution in [3.8, 4) is 17.1 Å². The van der Waals surface area contributed by atoms with Crippen LogP contribution < -0.4 is 16.2 Å². The van der Waals surface area contributed by atoms with Crippen LogP contribution in [0.3, 0.4) is 0 Å².